The van der Waals surface area contributed by atoms with Gasteiger partial charge in [0, 0.05) is 19.1 Å². The summed E-state index contributed by atoms with van der Waals surface area (Å²) in [4.78, 5) is 13.2. The molecule has 0 saturated carbocycles. The first-order valence-electron chi connectivity index (χ1n) is 7.47. The Hall–Kier alpha value is -1.46. The Morgan fingerprint density at radius 3 is 2.43 bits per heavy atom. The molecule has 1 aromatic carbocycles. The van der Waals surface area contributed by atoms with Gasteiger partial charge in [-0.3, -0.25) is 4.79 Å². The van der Waals surface area contributed by atoms with Crippen LogP contribution in [-0.4, -0.2) is 48.2 Å². The smallest absolute Gasteiger partial charge is 0.304 e. The van der Waals surface area contributed by atoms with Crippen molar-refractivity contribution in [1.29, 1.82) is 0 Å². The molecular weight excluding hydrogens is 271 g/mol. The van der Waals surface area contributed by atoms with Crippen molar-refractivity contribution in [2.24, 2.45) is 0 Å². The van der Waals surface area contributed by atoms with Crippen LogP contribution in [0.1, 0.15) is 25.8 Å². The third kappa shape index (κ3) is 7.20. The molecule has 0 aliphatic heterocycles. The van der Waals surface area contributed by atoms with E-state index in [0.29, 0.717) is 6.42 Å². The van der Waals surface area contributed by atoms with Crippen LogP contribution in [0.2, 0.25) is 0 Å². The molecule has 1 atom stereocenters. The van der Waals surface area contributed by atoms with Crippen molar-refractivity contribution in [3.05, 3.63) is 35.6 Å². The highest BCUT2D eigenvalue weighted by atomic mass is 19.1. The second kappa shape index (κ2) is 9.47. The first-order chi connectivity index (χ1) is 10.0. The molecule has 0 aromatic heterocycles. The van der Waals surface area contributed by atoms with Gasteiger partial charge in [0.1, 0.15) is 5.82 Å². The molecule has 118 valence electrons. The fourth-order valence-corrected chi connectivity index (χ4v) is 2.30. The molecule has 0 radical (unpaired) electrons. The van der Waals surface area contributed by atoms with Crippen LogP contribution in [0.5, 0.6) is 0 Å². The van der Waals surface area contributed by atoms with Crippen LogP contribution in [0.4, 0.5) is 4.39 Å². The summed E-state index contributed by atoms with van der Waals surface area (Å²) in [5.41, 5.74) is 0.943. The number of benzene rings is 1. The maximum Gasteiger partial charge on any atom is 0.304 e. The average Bonchev–Trinajstić information content (AvgIpc) is 2.45. The summed E-state index contributed by atoms with van der Waals surface area (Å²) in [5.74, 6) is -1.10. The number of hydrogen-bond acceptors (Lipinski definition) is 3. The minimum Gasteiger partial charge on any atom is -0.481 e. The fraction of sp³-hybridized carbons (Fsp3) is 0.562. The lowest BCUT2D eigenvalue weighted by Crippen LogP contribution is -2.39. The molecule has 1 rings (SSSR count). The summed E-state index contributed by atoms with van der Waals surface area (Å²) < 4.78 is 12.9. The number of hydrogen-bond donors (Lipinski definition) is 2. The standard InChI is InChI=1S/C16H25FN2O2/c1-3-19(4-2)10-9-18-15(12-16(20)21)11-13-5-7-14(17)8-6-13/h5-8,15,18H,3-4,9-12H2,1-2H3,(H,20,21). The van der Waals surface area contributed by atoms with Crippen LogP contribution in [-0.2, 0) is 11.2 Å². The van der Waals surface area contributed by atoms with Crippen LogP contribution in [0.25, 0.3) is 0 Å². The van der Waals surface area contributed by atoms with Gasteiger partial charge < -0.3 is 15.3 Å². The normalized spacial score (nSPS) is 12.6. The first-order valence-corrected chi connectivity index (χ1v) is 7.47. The average molecular weight is 296 g/mol. The SMILES string of the molecule is CCN(CC)CCNC(CC(=O)O)Cc1ccc(F)cc1. The summed E-state index contributed by atoms with van der Waals surface area (Å²) in [5, 5.41) is 12.3. The molecule has 0 bridgehead atoms. The number of carboxylic acid groups (broad SMARTS) is 1. The third-order valence-electron chi connectivity index (χ3n) is 3.57. The number of carbonyl (C=O) groups is 1. The Morgan fingerprint density at radius 2 is 1.90 bits per heavy atom. The summed E-state index contributed by atoms with van der Waals surface area (Å²) in [6.07, 6.45) is 0.653. The van der Waals surface area contributed by atoms with Crippen molar-refractivity contribution in [1.82, 2.24) is 10.2 Å². The van der Waals surface area contributed by atoms with E-state index in [2.05, 4.69) is 24.1 Å². The highest BCUT2D eigenvalue weighted by Crippen LogP contribution is 2.08. The molecule has 0 aliphatic rings. The van der Waals surface area contributed by atoms with Gasteiger partial charge in [-0.2, -0.15) is 0 Å². The molecule has 21 heavy (non-hydrogen) atoms. The number of halogens is 1. The van der Waals surface area contributed by atoms with E-state index >= 15 is 0 Å². The number of nitrogens with zero attached hydrogens (tertiary/aromatic N) is 1. The molecule has 1 unspecified atom stereocenters. The molecule has 4 nitrogen and oxygen atoms in total. The summed E-state index contributed by atoms with van der Waals surface area (Å²) in [7, 11) is 0. The maximum atomic E-state index is 12.9. The summed E-state index contributed by atoms with van der Waals surface area (Å²) >= 11 is 0. The lowest BCUT2D eigenvalue weighted by molar-refractivity contribution is -0.137. The Balaban J connectivity index is 2.51. The van der Waals surface area contributed by atoms with E-state index in [1.807, 2.05) is 0 Å². The predicted molar refractivity (Wildman–Crippen MR) is 81.9 cm³/mol. The summed E-state index contributed by atoms with van der Waals surface area (Å²) in [6, 6.07) is 6.09. The first kappa shape index (κ1) is 17.6. The van der Waals surface area contributed by atoms with Gasteiger partial charge in [0.2, 0.25) is 0 Å². The number of carboxylic acids is 1. The predicted octanol–water partition coefficient (Wildman–Crippen LogP) is 2.14. The number of likely N-dealkylation sites (N-methyl/N-ethyl adjacent to an activating group) is 1. The van der Waals surface area contributed by atoms with Crippen LogP contribution >= 0.6 is 0 Å². The fourth-order valence-electron chi connectivity index (χ4n) is 2.30. The molecular formula is C16H25FN2O2. The van der Waals surface area contributed by atoms with E-state index in [0.717, 1.165) is 31.7 Å². The number of aliphatic carboxylic acids is 1. The molecule has 5 heteroatoms. The van der Waals surface area contributed by atoms with E-state index < -0.39 is 5.97 Å². The molecule has 0 fully saturated rings. The zero-order valence-electron chi connectivity index (χ0n) is 12.8. The number of rotatable bonds is 10. The van der Waals surface area contributed by atoms with E-state index in [1.165, 1.54) is 12.1 Å². The van der Waals surface area contributed by atoms with Crippen LogP contribution in [0.3, 0.4) is 0 Å². The molecule has 0 spiro atoms. The lowest BCUT2D eigenvalue weighted by atomic mass is 10.0. The van der Waals surface area contributed by atoms with Gasteiger partial charge in [0.05, 0.1) is 6.42 Å². The summed E-state index contributed by atoms with van der Waals surface area (Å²) in [6.45, 7) is 7.83. The van der Waals surface area contributed by atoms with Crippen molar-refractivity contribution in [2.45, 2.75) is 32.7 Å². The highest BCUT2D eigenvalue weighted by molar-refractivity contribution is 5.67. The van der Waals surface area contributed by atoms with E-state index in [-0.39, 0.29) is 18.3 Å². The molecule has 0 aliphatic carbocycles. The van der Waals surface area contributed by atoms with E-state index in [9.17, 15) is 9.18 Å². The van der Waals surface area contributed by atoms with Gasteiger partial charge in [-0.1, -0.05) is 26.0 Å². The highest BCUT2D eigenvalue weighted by Gasteiger charge is 2.13. The third-order valence-corrected chi connectivity index (χ3v) is 3.57. The topological polar surface area (TPSA) is 52.6 Å². The minimum absolute atomic E-state index is 0.0651. The Kier molecular flexibility index (Phi) is 7.93. The molecule has 0 amide bonds. The zero-order valence-corrected chi connectivity index (χ0v) is 12.8. The molecule has 2 N–H and O–H groups in total. The van der Waals surface area contributed by atoms with Gasteiger partial charge in [-0.05, 0) is 37.2 Å². The van der Waals surface area contributed by atoms with Gasteiger partial charge in [0.15, 0.2) is 0 Å². The second-order valence-corrected chi connectivity index (χ2v) is 5.11. The quantitative estimate of drug-likeness (QED) is 0.694. The van der Waals surface area contributed by atoms with Crippen molar-refractivity contribution < 1.29 is 14.3 Å². The second-order valence-electron chi connectivity index (χ2n) is 5.11. The van der Waals surface area contributed by atoms with Gasteiger partial charge in [0.25, 0.3) is 0 Å². The van der Waals surface area contributed by atoms with Crippen molar-refractivity contribution in [3.63, 3.8) is 0 Å². The van der Waals surface area contributed by atoms with Gasteiger partial charge in [-0.15, -0.1) is 0 Å². The van der Waals surface area contributed by atoms with Crippen LogP contribution in [0, 0.1) is 5.82 Å². The van der Waals surface area contributed by atoms with Crippen LogP contribution in [0.15, 0.2) is 24.3 Å². The Morgan fingerprint density at radius 1 is 1.29 bits per heavy atom. The van der Waals surface area contributed by atoms with E-state index in [4.69, 9.17) is 5.11 Å². The van der Waals surface area contributed by atoms with Gasteiger partial charge >= 0.3 is 5.97 Å². The van der Waals surface area contributed by atoms with Gasteiger partial charge in [-0.25, -0.2) is 4.39 Å². The van der Waals surface area contributed by atoms with Crippen molar-refractivity contribution >= 4 is 5.97 Å². The van der Waals surface area contributed by atoms with Crippen molar-refractivity contribution in [2.75, 3.05) is 26.2 Å². The molecule has 1 aromatic rings. The van der Waals surface area contributed by atoms with Crippen molar-refractivity contribution in [3.8, 4) is 0 Å². The Bertz CT molecular complexity index is 419. The molecule has 0 heterocycles. The number of nitrogens with one attached hydrogen (secondary N) is 1. The minimum atomic E-state index is -0.822. The monoisotopic (exact) mass is 296 g/mol. The Labute approximate surface area is 126 Å². The maximum absolute atomic E-state index is 12.9. The molecule has 0 saturated heterocycles. The van der Waals surface area contributed by atoms with E-state index in [1.54, 1.807) is 12.1 Å². The lowest BCUT2D eigenvalue weighted by Gasteiger charge is -2.21. The zero-order chi connectivity index (χ0) is 15.7. The van der Waals surface area contributed by atoms with Crippen LogP contribution < -0.4 is 5.32 Å². The largest absolute Gasteiger partial charge is 0.481 e.